The Morgan fingerprint density at radius 2 is 1.97 bits per heavy atom. The molecule has 0 radical (unpaired) electrons. The number of aromatic amines is 1. The number of nitrogens with zero attached hydrogens (tertiary/aromatic N) is 2. The summed E-state index contributed by atoms with van der Waals surface area (Å²) in [5.41, 5.74) is 3.35. The number of aromatic nitrogens is 1. The van der Waals surface area contributed by atoms with E-state index < -0.39 is 5.60 Å². The molecule has 0 saturated carbocycles. The Morgan fingerprint density at radius 3 is 2.62 bits per heavy atom. The molecule has 32 heavy (non-hydrogen) atoms. The second-order valence-electron chi connectivity index (χ2n) is 10.1. The van der Waals surface area contributed by atoms with Crippen LogP contribution in [0.5, 0.6) is 0 Å². The van der Waals surface area contributed by atoms with Crippen molar-refractivity contribution in [2.45, 2.75) is 83.5 Å². The maximum Gasteiger partial charge on any atom is 0.410 e. The van der Waals surface area contributed by atoms with Crippen molar-refractivity contribution in [3.8, 4) is 0 Å². The lowest BCUT2D eigenvalue weighted by Gasteiger charge is -2.40. The lowest BCUT2D eigenvalue weighted by molar-refractivity contribution is 0.00545. The number of para-hydroxylation sites is 1. The van der Waals surface area contributed by atoms with Crippen LogP contribution in [0.2, 0.25) is 0 Å². The van der Waals surface area contributed by atoms with Crippen molar-refractivity contribution < 1.29 is 9.53 Å². The van der Waals surface area contributed by atoms with Crippen LogP contribution in [0.15, 0.2) is 29.4 Å². The van der Waals surface area contributed by atoms with Gasteiger partial charge in [-0.1, -0.05) is 18.2 Å². The van der Waals surface area contributed by atoms with Crippen LogP contribution in [0.1, 0.15) is 57.6 Å². The molecule has 2 bridgehead atoms. The highest BCUT2D eigenvalue weighted by atomic mass is 16.6. The van der Waals surface area contributed by atoms with E-state index in [1.807, 2.05) is 32.7 Å². The highest BCUT2D eigenvalue weighted by Crippen LogP contribution is 2.36. The summed E-state index contributed by atoms with van der Waals surface area (Å²) < 4.78 is 5.65. The van der Waals surface area contributed by atoms with Gasteiger partial charge in [0, 0.05) is 48.8 Å². The third-order valence-corrected chi connectivity index (χ3v) is 6.60. The first-order valence-corrected chi connectivity index (χ1v) is 11.8. The van der Waals surface area contributed by atoms with Crippen LogP contribution < -0.4 is 10.6 Å². The first-order valence-electron chi connectivity index (χ1n) is 11.8. The number of aryl methyl sites for hydroxylation is 1. The molecule has 2 aliphatic rings. The fraction of sp³-hybridized carbons (Fsp3) is 0.600. The molecule has 1 amide bonds. The van der Waals surface area contributed by atoms with Gasteiger partial charge in [0.25, 0.3) is 0 Å². The summed E-state index contributed by atoms with van der Waals surface area (Å²) in [6, 6.07) is 7.22. The quantitative estimate of drug-likeness (QED) is 0.495. The number of amides is 1. The highest BCUT2D eigenvalue weighted by Gasteiger charge is 2.45. The number of piperidine rings is 1. The van der Waals surface area contributed by atoms with Crippen LogP contribution >= 0.6 is 0 Å². The molecule has 3 N–H and O–H groups in total. The normalized spacial score (nSPS) is 23.5. The average molecular weight is 440 g/mol. The van der Waals surface area contributed by atoms with Gasteiger partial charge in [-0.25, -0.2) is 4.79 Å². The molecule has 0 spiro atoms. The molecule has 2 atom stereocenters. The summed E-state index contributed by atoms with van der Waals surface area (Å²) in [6.45, 7) is 8.72. The van der Waals surface area contributed by atoms with Crippen LogP contribution in [0, 0.1) is 6.92 Å². The Kier molecular flexibility index (Phi) is 6.35. The molecule has 2 fully saturated rings. The summed E-state index contributed by atoms with van der Waals surface area (Å²) in [6.07, 6.45) is 6.82. The summed E-state index contributed by atoms with van der Waals surface area (Å²) in [5, 5.41) is 8.35. The Hall–Kier alpha value is -2.70. The van der Waals surface area contributed by atoms with Crippen molar-refractivity contribution in [1.29, 1.82) is 0 Å². The smallest absolute Gasteiger partial charge is 0.410 e. The molecular formula is C25H37N5O2. The minimum absolute atomic E-state index is 0.167. The number of carbonyl (C=O) groups is 1. The fourth-order valence-corrected chi connectivity index (χ4v) is 5.18. The lowest BCUT2D eigenvalue weighted by atomic mass is 9.98. The summed E-state index contributed by atoms with van der Waals surface area (Å²) in [5.74, 6) is 0.830. The molecule has 0 aliphatic carbocycles. The van der Waals surface area contributed by atoms with Gasteiger partial charge in [0.15, 0.2) is 5.96 Å². The SMILES string of the molecule is CN=C(NCCc1c[nH]c2c(C)cccc12)NC1CC2CCC(C1)N2C(=O)OC(C)(C)C. The number of H-pyrrole nitrogens is 1. The zero-order valence-corrected chi connectivity index (χ0v) is 20.0. The average Bonchev–Trinajstić information content (AvgIpc) is 3.25. The number of nitrogens with one attached hydrogen (secondary N) is 3. The van der Waals surface area contributed by atoms with E-state index in [-0.39, 0.29) is 18.2 Å². The van der Waals surface area contributed by atoms with E-state index >= 15 is 0 Å². The van der Waals surface area contributed by atoms with E-state index in [0.29, 0.717) is 6.04 Å². The lowest BCUT2D eigenvalue weighted by Crippen LogP contribution is -2.55. The van der Waals surface area contributed by atoms with Crippen molar-refractivity contribution in [2.24, 2.45) is 4.99 Å². The van der Waals surface area contributed by atoms with Crippen LogP contribution in [0.4, 0.5) is 4.79 Å². The van der Waals surface area contributed by atoms with E-state index in [2.05, 4.69) is 51.9 Å². The Bertz CT molecular complexity index is 976. The first-order chi connectivity index (χ1) is 15.2. The Labute approximate surface area is 191 Å². The molecule has 3 heterocycles. The largest absolute Gasteiger partial charge is 0.444 e. The number of aliphatic imine (C=N–C) groups is 1. The molecule has 174 valence electrons. The summed E-state index contributed by atoms with van der Waals surface area (Å²) in [4.78, 5) is 22.5. The van der Waals surface area contributed by atoms with Crippen molar-refractivity contribution in [3.05, 3.63) is 35.5 Å². The maximum atomic E-state index is 12.7. The topological polar surface area (TPSA) is 81.8 Å². The maximum absolute atomic E-state index is 12.7. The molecule has 2 aliphatic heterocycles. The molecular weight excluding hydrogens is 402 g/mol. The Morgan fingerprint density at radius 1 is 1.25 bits per heavy atom. The molecule has 7 heteroatoms. The zero-order chi connectivity index (χ0) is 22.9. The molecule has 4 rings (SSSR count). The number of benzene rings is 1. The van der Waals surface area contributed by atoms with Crippen LogP contribution in [0.25, 0.3) is 10.9 Å². The number of guanidine groups is 1. The first kappa shape index (κ1) is 22.5. The van der Waals surface area contributed by atoms with Gasteiger partial charge in [0.2, 0.25) is 0 Å². The number of hydrogen-bond donors (Lipinski definition) is 3. The number of rotatable bonds is 4. The predicted octanol–water partition coefficient (Wildman–Crippen LogP) is 4.11. The van der Waals surface area contributed by atoms with Gasteiger partial charge in [0.05, 0.1) is 0 Å². The van der Waals surface area contributed by atoms with Gasteiger partial charge in [0.1, 0.15) is 5.60 Å². The third kappa shape index (κ3) is 4.87. The van der Waals surface area contributed by atoms with Gasteiger partial charge in [-0.3, -0.25) is 4.99 Å². The minimum Gasteiger partial charge on any atom is -0.444 e. The number of fused-ring (bicyclic) bond motifs is 3. The van der Waals surface area contributed by atoms with Gasteiger partial charge in [-0.05, 0) is 70.9 Å². The van der Waals surface area contributed by atoms with Crippen molar-refractivity contribution >= 4 is 23.0 Å². The molecule has 7 nitrogen and oxygen atoms in total. The van der Waals surface area contributed by atoms with E-state index in [1.165, 1.54) is 22.0 Å². The van der Waals surface area contributed by atoms with Gasteiger partial charge >= 0.3 is 6.09 Å². The second kappa shape index (κ2) is 9.04. The summed E-state index contributed by atoms with van der Waals surface area (Å²) in [7, 11) is 1.81. The molecule has 2 saturated heterocycles. The van der Waals surface area contributed by atoms with Gasteiger partial charge < -0.3 is 25.3 Å². The molecule has 2 aromatic rings. The van der Waals surface area contributed by atoms with Gasteiger partial charge in [-0.2, -0.15) is 0 Å². The predicted molar refractivity (Wildman–Crippen MR) is 129 cm³/mol. The molecule has 2 unspecified atom stereocenters. The number of carbonyl (C=O) groups excluding carboxylic acids is 1. The Balaban J connectivity index is 1.29. The fourth-order valence-electron chi connectivity index (χ4n) is 5.18. The molecule has 1 aromatic carbocycles. The van der Waals surface area contributed by atoms with Crippen molar-refractivity contribution in [2.75, 3.05) is 13.6 Å². The highest BCUT2D eigenvalue weighted by molar-refractivity contribution is 5.86. The number of ether oxygens (including phenoxy) is 1. The third-order valence-electron chi connectivity index (χ3n) is 6.60. The van der Waals surface area contributed by atoms with E-state index in [1.54, 1.807) is 0 Å². The van der Waals surface area contributed by atoms with Crippen molar-refractivity contribution in [3.63, 3.8) is 0 Å². The second-order valence-corrected chi connectivity index (χ2v) is 10.1. The van der Waals surface area contributed by atoms with Gasteiger partial charge in [-0.15, -0.1) is 0 Å². The van der Waals surface area contributed by atoms with E-state index in [4.69, 9.17) is 4.74 Å². The molecule has 1 aromatic heterocycles. The minimum atomic E-state index is -0.457. The van der Waals surface area contributed by atoms with E-state index in [9.17, 15) is 4.79 Å². The number of hydrogen-bond acceptors (Lipinski definition) is 3. The van der Waals surface area contributed by atoms with Crippen LogP contribution in [0.3, 0.4) is 0 Å². The van der Waals surface area contributed by atoms with E-state index in [0.717, 1.165) is 44.6 Å². The monoisotopic (exact) mass is 439 g/mol. The standard InChI is InChI=1S/C25H37N5O2/c1-16-7-6-8-21-17(15-28-22(16)21)11-12-27-23(26-5)29-18-13-19-9-10-20(14-18)30(19)24(31)32-25(2,3)4/h6-8,15,18-20,28H,9-14H2,1-5H3,(H2,26,27,29). The van der Waals surface area contributed by atoms with Crippen LogP contribution in [-0.2, 0) is 11.2 Å². The van der Waals surface area contributed by atoms with Crippen LogP contribution in [-0.4, -0.2) is 59.3 Å². The van der Waals surface area contributed by atoms with Crippen molar-refractivity contribution in [1.82, 2.24) is 20.5 Å². The zero-order valence-electron chi connectivity index (χ0n) is 20.0. The summed E-state index contributed by atoms with van der Waals surface area (Å²) >= 11 is 0.